The molecule has 0 spiro atoms. The molecule has 172 valence electrons. The highest BCUT2D eigenvalue weighted by Gasteiger charge is 2.36. The van der Waals surface area contributed by atoms with Crippen LogP contribution in [0.4, 0.5) is 4.39 Å². The zero-order valence-corrected chi connectivity index (χ0v) is 19.0. The van der Waals surface area contributed by atoms with Gasteiger partial charge in [-0.2, -0.15) is 0 Å². The zero-order chi connectivity index (χ0) is 23.7. The van der Waals surface area contributed by atoms with Gasteiger partial charge in [-0.1, -0.05) is 42.5 Å². The maximum atomic E-state index is 13.7. The van der Waals surface area contributed by atoms with Gasteiger partial charge in [-0.3, -0.25) is 14.2 Å². The molecule has 5 rings (SSSR count). The lowest BCUT2D eigenvalue weighted by atomic mass is 10.1. The number of fused-ring (bicyclic) bond motifs is 1. The van der Waals surface area contributed by atoms with E-state index in [-0.39, 0.29) is 23.2 Å². The first-order valence-corrected chi connectivity index (χ1v) is 11.6. The van der Waals surface area contributed by atoms with E-state index in [0.717, 1.165) is 18.4 Å². The second kappa shape index (κ2) is 9.21. The normalized spacial score (nSPS) is 14.2. The lowest BCUT2D eigenvalue weighted by Gasteiger charge is -2.31. The fourth-order valence-corrected chi connectivity index (χ4v) is 4.36. The maximum Gasteiger partial charge on any atom is 0.266 e. The van der Waals surface area contributed by atoms with Crippen LogP contribution < -0.4 is 5.56 Å². The van der Waals surface area contributed by atoms with Gasteiger partial charge in [-0.25, -0.2) is 9.37 Å². The Morgan fingerprint density at radius 3 is 2.41 bits per heavy atom. The third kappa shape index (κ3) is 4.36. The van der Waals surface area contributed by atoms with Crippen molar-refractivity contribution < 1.29 is 9.18 Å². The first-order valence-electron chi connectivity index (χ1n) is 11.6. The summed E-state index contributed by atoms with van der Waals surface area (Å²) in [6.45, 7) is 2.44. The maximum absolute atomic E-state index is 13.7. The standard InChI is InChI=1S/C28H26FN3O2/c1-19(31(27(33)21-11-12-21)18-17-20-7-3-2-4-8-20)26-30-25-10-6-5-9-24(25)28(34)32(26)23-15-13-22(29)14-16-23/h2-10,13-16,19,21H,11-12,17-18H2,1H3. The van der Waals surface area contributed by atoms with E-state index in [4.69, 9.17) is 4.98 Å². The highest BCUT2D eigenvalue weighted by molar-refractivity contribution is 5.82. The van der Waals surface area contributed by atoms with E-state index in [1.54, 1.807) is 30.3 Å². The molecule has 1 amide bonds. The molecule has 3 aromatic carbocycles. The quantitative estimate of drug-likeness (QED) is 0.391. The number of aromatic nitrogens is 2. The van der Waals surface area contributed by atoms with E-state index >= 15 is 0 Å². The van der Waals surface area contributed by atoms with Crippen molar-refractivity contribution >= 4 is 16.8 Å². The van der Waals surface area contributed by atoms with Gasteiger partial charge in [0.05, 0.1) is 22.6 Å². The second-order valence-corrected chi connectivity index (χ2v) is 8.82. The lowest BCUT2D eigenvalue weighted by molar-refractivity contribution is -0.134. The topological polar surface area (TPSA) is 55.2 Å². The number of carbonyl (C=O) groups is 1. The minimum Gasteiger partial charge on any atom is -0.332 e. The fourth-order valence-electron chi connectivity index (χ4n) is 4.36. The Balaban J connectivity index is 1.61. The molecule has 1 aliphatic rings. The van der Waals surface area contributed by atoms with Gasteiger partial charge in [0.25, 0.3) is 5.56 Å². The smallest absolute Gasteiger partial charge is 0.266 e. The van der Waals surface area contributed by atoms with Gasteiger partial charge >= 0.3 is 0 Å². The molecular formula is C28H26FN3O2. The second-order valence-electron chi connectivity index (χ2n) is 8.82. The third-order valence-electron chi connectivity index (χ3n) is 6.42. The van der Waals surface area contributed by atoms with Gasteiger partial charge in [-0.15, -0.1) is 0 Å². The molecule has 1 atom stereocenters. The van der Waals surface area contributed by atoms with Crippen LogP contribution in [-0.2, 0) is 11.2 Å². The molecule has 1 heterocycles. The average molecular weight is 456 g/mol. The summed E-state index contributed by atoms with van der Waals surface area (Å²) in [7, 11) is 0. The number of carbonyl (C=O) groups excluding carboxylic acids is 1. The third-order valence-corrected chi connectivity index (χ3v) is 6.42. The molecule has 0 N–H and O–H groups in total. The number of nitrogens with zero attached hydrogens (tertiary/aromatic N) is 3. The Morgan fingerprint density at radius 2 is 1.71 bits per heavy atom. The molecule has 0 aliphatic heterocycles. The molecule has 0 bridgehead atoms. The van der Waals surface area contributed by atoms with Crippen molar-refractivity contribution in [1.82, 2.24) is 14.5 Å². The molecule has 1 saturated carbocycles. The summed E-state index contributed by atoms with van der Waals surface area (Å²) in [5, 5.41) is 0.479. The SMILES string of the molecule is CC(c1nc2ccccc2c(=O)n1-c1ccc(F)cc1)N(CCc1ccccc1)C(=O)C1CC1. The van der Waals surface area contributed by atoms with E-state index in [0.29, 0.717) is 35.4 Å². The monoisotopic (exact) mass is 455 g/mol. The van der Waals surface area contributed by atoms with Gasteiger partial charge < -0.3 is 4.90 Å². The molecular weight excluding hydrogens is 429 g/mol. The van der Waals surface area contributed by atoms with Crippen LogP contribution in [-0.4, -0.2) is 26.9 Å². The van der Waals surface area contributed by atoms with Crippen LogP contribution in [0.3, 0.4) is 0 Å². The molecule has 4 aromatic rings. The lowest BCUT2D eigenvalue weighted by Crippen LogP contribution is -2.39. The Morgan fingerprint density at radius 1 is 1.03 bits per heavy atom. The van der Waals surface area contributed by atoms with E-state index < -0.39 is 6.04 Å². The summed E-state index contributed by atoms with van der Waals surface area (Å²) in [6.07, 6.45) is 2.49. The van der Waals surface area contributed by atoms with Crippen LogP contribution in [0.2, 0.25) is 0 Å². The zero-order valence-electron chi connectivity index (χ0n) is 19.0. The molecule has 0 radical (unpaired) electrons. The number of halogens is 1. The molecule has 0 saturated heterocycles. The molecule has 1 aliphatic carbocycles. The first kappa shape index (κ1) is 22.0. The van der Waals surface area contributed by atoms with Crippen molar-refractivity contribution in [3.63, 3.8) is 0 Å². The van der Waals surface area contributed by atoms with Crippen molar-refractivity contribution in [2.45, 2.75) is 32.2 Å². The Hall–Kier alpha value is -3.80. The van der Waals surface area contributed by atoms with Gasteiger partial charge in [-0.05, 0) is 68.1 Å². The van der Waals surface area contributed by atoms with Gasteiger partial charge in [0.15, 0.2) is 0 Å². The number of amides is 1. The highest BCUT2D eigenvalue weighted by atomic mass is 19.1. The van der Waals surface area contributed by atoms with Gasteiger partial charge in [0.1, 0.15) is 11.6 Å². The summed E-state index contributed by atoms with van der Waals surface area (Å²) in [6, 6.07) is 22.6. The molecule has 1 unspecified atom stereocenters. The summed E-state index contributed by atoms with van der Waals surface area (Å²) < 4.78 is 15.2. The summed E-state index contributed by atoms with van der Waals surface area (Å²) in [4.78, 5) is 33.6. The van der Waals surface area contributed by atoms with Crippen LogP contribution in [0.25, 0.3) is 16.6 Å². The molecule has 6 heteroatoms. The molecule has 1 fully saturated rings. The van der Waals surface area contributed by atoms with E-state index in [9.17, 15) is 14.0 Å². The van der Waals surface area contributed by atoms with Crippen LogP contribution in [0.5, 0.6) is 0 Å². The molecule has 34 heavy (non-hydrogen) atoms. The summed E-state index contributed by atoms with van der Waals surface area (Å²) >= 11 is 0. The largest absolute Gasteiger partial charge is 0.332 e. The average Bonchev–Trinajstić information content (AvgIpc) is 3.71. The van der Waals surface area contributed by atoms with Crippen LogP contribution in [0, 0.1) is 11.7 Å². The number of hydrogen-bond acceptors (Lipinski definition) is 3. The van der Waals surface area contributed by atoms with Crippen LogP contribution >= 0.6 is 0 Å². The molecule has 1 aromatic heterocycles. The molecule has 5 nitrogen and oxygen atoms in total. The number of rotatable bonds is 7. The fraction of sp³-hybridized carbons (Fsp3) is 0.250. The van der Waals surface area contributed by atoms with Crippen molar-refractivity contribution in [3.05, 3.63) is 106 Å². The van der Waals surface area contributed by atoms with Crippen molar-refractivity contribution in [2.75, 3.05) is 6.54 Å². The Labute approximate surface area is 197 Å². The van der Waals surface area contributed by atoms with Crippen molar-refractivity contribution in [2.24, 2.45) is 5.92 Å². The first-order chi connectivity index (χ1) is 16.5. The van der Waals surface area contributed by atoms with E-state index in [1.807, 2.05) is 48.2 Å². The summed E-state index contributed by atoms with van der Waals surface area (Å²) in [5.41, 5.74) is 2.01. The Bertz CT molecular complexity index is 1380. The van der Waals surface area contributed by atoms with Gasteiger partial charge in [0, 0.05) is 12.5 Å². The predicted octanol–water partition coefficient (Wildman–Crippen LogP) is 5.07. The number of hydrogen-bond donors (Lipinski definition) is 0. The van der Waals surface area contributed by atoms with Crippen LogP contribution in [0.1, 0.15) is 37.2 Å². The van der Waals surface area contributed by atoms with Crippen molar-refractivity contribution in [1.29, 1.82) is 0 Å². The van der Waals surface area contributed by atoms with E-state index in [1.165, 1.54) is 16.7 Å². The number of para-hydroxylation sites is 1. The summed E-state index contributed by atoms with van der Waals surface area (Å²) in [5.74, 6) is 0.215. The van der Waals surface area contributed by atoms with Crippen LogP contribution in [0.15, 0.2) is 83.7 Å². The van der Waals surface area contributed by atoms with Crippen molar-refractivity contribution in [3.8, 4) is 5.69 Å². The highest BCUT2D eigenvalue weighted by Crippen LogP contribution is 2.34. The number of benzene rings is 3. The predicted molar refractivity (Wildman–Crippen MR) is 130 cm³/mol. The minimum atomic E-state index is -0.445. The minimum absolute atomic E-state index is 0.0321. The van der Waals surface area contributed by atoms with E-state index in [2.05, 4.69) is 0 Å². The Kier molecular flexibility index (Phi) is 5.97. The van der Waals surface area contributed by atoms with Gasteiger partial charge in [0.2, 0.25) is 5.91 Å².